The molecule has 0 fully saturated rings. The van der Waals surface area contributed by atoms with Gasteiger partial charge in [-0.05, 0) is 48.6 Å². The summed E-state index contributed by atoms with van der Waals surface area (Å²) in [5, 5.41) is 9.36. The van der Waals surface area contributed by atoms with Gasteiger partial charge in [0.2, 0.25) is 0 Å². The number of para-hydroxylation sites is 2. The number of aryl methyl sites for hydroxylation is 2. The molecule has 0 saturated heterocycles. The molecule has 1 aromatic heterocycles. The highest BCUT2D eigenvalue weighted by atomic mass is 32.2. The van der Waals surface area contributed by atoms with Crippen molar-refractivity contribution in [1.29, 1.82) is 0 Å². The van der Waals surface area contributed by atoms with Crippen molar-refractivity contribution in [3.8, 4) is 11.5 Å². The summed E-state index contributed by atoms with van der Waals surface area (Å²) in [6.45, 7) is 4.73. The summed E-state index contributed by atoms with van der Waals surface area (Å²) in [5.74, 6) is 2.48. The van der Waals surface area contributed by atoms with Gasteiger partial charge in [-0.3, -0.25) is 9.36 Å². The minimum Gasteiger partial charge on any atom is -0.485 e. The Bertz CT molecular complexity index is 1140. The third-order valence-corrected chi connectivity index (χ3v) is 6.57. The maximum atomic E-state index is 12.8. The van der Waals surface area contributed by atoms with Gasteiger partial charge in [0.25, 0.3) is 0 Å². The van der Waals surface area contributed by atoms with Crippen molar-refractivity contribution in [2.75, 3.05) is 12.4 Å². The maximum absolute atomic E-state index is 12.8. The number of ketones is 1. The Kier molecular flexibility index (Phi) is 5.51. The van der Waals surface area contributed by atoms with Crippen molar-refractivity contribution < 1.29 is 14.3 Å². The number of hydrogen-bond donors (Lipinski definition) is 0. The Labute approximate surface area is 185 Å². The van der Waals surface area contributed by atoms with Crippen molar-refractivity contribution in [2.45, 2.75) is 37.1 Å². The van der Waals surface area contributed by atoms with Crippen molar-refractivity contribution in [3.05, 3.63) is 77.6 Å². The van der Waals surface area contributed by atoms with Crippen LogP contribution in [0.2, 0.25) is 0 Å². The molecule has 2 heterocycles. The highest BCUT2D eigenvalue weighted by Gasteiger charge is 2.28. The van der Waals surface area contributed by atoms with Crippen LogP contribution < -0.4 is 9.47 Å². The van der Waals surface area contributed by atoms with Gasteiger partial charge in [0.05, 0.1) is 5.75 Å². The average molecular weight is 434 g/mol. The SMILES string of the molecule is C=CCn1c(SCC(=O)c2ccc3c(c2)CCC3)nnc1C1COc2ccccc2O1. The van der Waals surface area contributed by atoms with E-state index in [1.165, 1.54) is 29.3 Å². The largest absolute Gasteiger partial charge is 0.485 e. The smallest absolute Gasteiger partial charge is 0.192 e. The van der Waals surface area contributed by atoms with Crippen LogP contribution in [0, 0.1) is 0 Å². The lowest BCUT2D eigenvalue weighted by molar-refractivity contribution is 0.0821. The molecule has 0 N–H and O–H groups in total. The van der Waals surface area contributed by atoms with E-state index in [0.29, 0.717) is 35.6 Å². The van der Waals surface area contributed by atoms with Crippen molar-refractivity contribution >= 4 is 17.5 Å². The minimum absolute atomic E-state index is 0.0978. The summed E-state index contributed by atoms with van der Waals surface area (Å²) in [6, 6.07) is 13.7. The zero-order valence-electron chi connectivity index (χ0n) is 17.1. The van der Waals surface area contributed by atoms with Crippen molar-refractivity contribution in [2.24, 2.45) is 0 Å². The second-order valence-electron chi connectivity index (χ2n) is 7.65. The first-order chi connectivity index (χ1) is 15.2. The third kappa shape index (κ3) is 3.97. The van der Waals surface area contributed by atoms with Crippen molar-refractivity contribution in [1.82, 2.24) is 14.8 Å². The highest BCUT2D eigenvalue weighted by Crippen LogP contribution is 2.36. The van der Waals surface area contributed by atoms with Crippen LogP contribution in [-0.2, 0) is 19.4 Å². The monoisotopic (exact) mass is 433 g/mol. The van der Waals surface area contributed by atoms with Crippen LogP contribution in [-0.4, -0.2) is 32.9 Å². The third-order valence-electron chi connectivity index (χ3n) is 5.61. The fourth-order valence-corrected chi connectivity index (χ4v) is 4.90. The highest BCUT2D eigenvalue weighted by molar-refractivity contribution is 7.99. The average Bonchev–Trinajstić information content (AvgIpc) is 3.44. The molecule has 2 aliphatic rings. The molecule has 158 valence electrons. The van der Waals surface area contributed by atoms with E-state index in [0.717, 1.165) is 24.2 Å². The lowest BCUT2D eigenvalue weighted by Gasteiger charge is -2.26. The molecule has 0 saturated carbocycles. The molecular weight excluding hydrogens is 410 g/mol. The zero-order valence-corrected chi connectivity index (χ0v) is 17.9. The van der Waals surface area contributed by atoms with E-state index in [9.17, 15) is 4.79 Å². The number of rotatable bonds is 7. The molecule has 7 heteroatoms. The summed E-state index contributed by atoms with van der Waals surface area (Å²) in [5.41, 5.74) is 3.45. The Hall–Kier alpha value is -3.06. The molecule has 31 heavy (non-hydrogen) atoms. The number of thioether (sulfide) groups is 1. The van der Waals surface area contributed by atoms with E-state index < -0.39 is 0 Å². The summed E-state index contributed by atoms with van der Waals surface area (Å²) < 4.78 is 13.9. The van der Waals surface area contributed by atoms with Gasteiger partial charge in [0.1, 0.15) is 6.61 Å². The second kappa shape index (κ2) is 8.59. The molecule has 1 aliphatic heterocycles. The summed E-state index contributed by atoms with van der Waals surface area (Å²) in [7, 11) is 0. The van der Waals surface area contributed by atoms with Crippen LogP contribution >= 0.6 is 11.8 Å². The molecule has 0 bridgehead atoms. The van der Waals surface area contributed by atoms with Gasteiger partial charge in [0, 0.05) is 12.1 Å². The van der Waals surface area contributed by atoms with Crippen LogP contribution in [0.5, 0.6) is 11.5 Å². The Morgan fingerprint density at radius 1 is 1.16 bits per heavy atom. The van der Waals surface area contributed by atoms with E-state index in [-0.39, 0.29) is 11.9 Å². The predicted molar refractivity (Wildman–Crippen MR) is 119 cm³/mol. The molecule has 1 atom stereocenters. The van der Waals surface area contributed by atoms with Gasteiger partial charge in [-0.2, -0.15) is 0 Å². The molecule has 1 aliphatic carbocycles. The normalized spacial score (nSPS) is 16.7. The molecule has 2 aromatic carbocycles. The lowest BCUT2D eigenvalue weighted by Crippen LogP contribution is -2.25. The molecule has 3 aromatic rings. The molecule has 0 amide bonds. The van der Waals surface area contributed by atoms with Crippen LogP contribution in [0.1, 0.15) is 39.8 Å². The Morgan fingerprint density at radius 2 is 2.00 bits per heavy atom. The quantitative estimate of drug-likeness (QED) is 0.312. The minimum atomic E-state index is -0.371. The van der Waals surface area contributed by atoms with Crippen LogP contribution in [0.4, 0.5) is 0 Å². The molecule has 6 nitrogen and oxygen atoms in total. The van der Waals surface area contributed by atoms with Crippen LogP contribution in [0.25, 0.3) is 0 Å². The van der Waals surface area contributed by atoms with E-state index in [1.54, 1.807) is 6.08 Å². The number of aromatic nitrogens is 3. The fourth-order valence-electron chi connectivity index (χ4n) is 4.05. The number of carbonyl (C=O) groups is 1. The molecule has 5 rings (SSSR count). The van der Waals surface area contributed by atoms with Crippen LogP contribution in [0.15, 0.2) is 60.3 Å². The number of nitrogens with zero attached hydrogens (tertiary/aromatic N) is 3. The summed E-state index contributed by atoms with van der Waals surface area (Å²) in [6.07, 6.45) is 4.77. The fraction of sp³-hybridized carbons (Fsp3) is 0.292. The Morgan fingerprint density at radius 3 is 2.87 bits per heavy atom. The number of ether oxygens (including phenoxy) is 2. The number of fused-ring (bicyclic) bond motifs is 2. The van der Waals surface area contributed by atoms with Gasteiger partial charge in [0.15, 0.2) is 34.4 Å². The Balaban J connectivity index is 1.31. The van der Waals surface area contributed by atoms with Gasteiger partial charge in [-0.25, -0.2) is 0 Å². The summed E-state index contributed by atoms with van der Waals surface area (Å²) >= 11 is 1.39. The van der Waals surface area contributed by atoms with Gasteiger partial charge >= 0.3 is 0 Å². The number of hydrogen-bond acceptors (Lipinski definition) is 6. The number of carbonyl (C=O) groups excluding carboxylic acids is 1. The molecule has 1 unspecified atom stereocenters. The van der Waals surface area contributed by atoms with Crippen molar-refractivity contribution in [3.63, 3.8) is 0 Å². The number of Topliss-reactive ketones (excluding diaryl/α,β-unsaturated/α-hetero) is 1. The van der Waals surface area contributed by atoms with Crippen LogP contribution in [0.3, 0.4) is 0 Å². The second-order valence-corrected chi connectivity index (χ2v) is 8.60. The van der Waals surface area contributed by atoms with Gasteiger partial charge in [-0.1, -0.05) is 42.1 Å². The zero-order chi connectivity index (χ0) is 21.2. The van der Waals surface area contributed by atoms with E-state index >= 15 is 0 Å². The standard InChI is InChI=1S/C24H23N3O3S/c1-2-12-27-23(22-14-29-20-8-3-4-9-21(20)30-22)25-26-24(27)31-15-19(28)18-11-10-16-6-5-7-17(16)13-18/h2-4,8-11,13,22H,1,5-7,12,14-15H2. The molecule has 0 spiro atoms. The van der Waals surface area contributed by atoms with Gasteiger partial charge in [-0.15, -0.1) is 16.8 Å². The molecular formula is C24H23N3O3S. The molecule has 0 radical (unpaired) electrons. The topological polar surface area (TPSA) is 66.2 Å². The van der Waals surface area contributed by atoms with E-state index in [1.807, 2.05) is 34.9 Å². The number of allylic oxidation sites excluding steroid dienone is 1. The summed E-state index contributed by atoms with van der Waals surface area (Å²) in [4.78, 5) is 12.8. The van der Waals surface area contributed by atoms with E-state index in [2.05, 4.69) is 28.9 Å². The maximum Gasteiger partial charge on any atom is 0.192 e. The van der Waals surface area contributed by atoms with E-state index in [4.69, 9.17) is 9.47 Å². The van der Waals surface area contributed by atoms with Gasteiger partial charge < -0.3 is 9.47 Å². The first kappa shape index (κ1) is 19.9. The lowest BCUT2D eigenvalue weighted by atomic mass is 10.0. The first-order valence-corrected chi connectivity index (χ1v) is 11.4. The first-order valence-electron chi connectivity index (χ1n) is 10.4. The number of benzene rings is 2. The predicted octanol–water partition coefficient (Wildman–Crippen LogP) is 4.44.